The Morgan fingerprint density at radius 2 is 1.86 bits per heavy atom. The third kappa shape index (κ3) is 6.39. The molecule has 0 aliphatic heterocycles. The lowest BCUT2D eigenvalue weighted by Gasteiger charge is -2.22. The number of unbranched alkanes of at least 4 members (excludes halogenated alkanes) is 1. The summed E-state index contributed by atoms with van der Waals surface area (Å²) in [5, 5.41) is 9.86. The fourth-order valence-corrected chi connectivity index (χ4v) is 1.56. The van der Waals surface area contributed by atoms with Crippen molar-refractivity contribution < 1.29 is 9.84 Å². The number of rotatable bonds is 8. The van der Waals surface area contributed by atoms with Crippen LogP contribution in [-0.2, 0) is 4.74 Å². The fourth-order valence-electron chi connectivity index (χ4n) is 1.56. The van der Waals surface area contributed by atoms with Gasteiger partial charge < -0.3 is 9.84 Å². The van der Waals surface area contributed by atoms with Gasteiger partial charge >= 0.3 is 0 Å². The van der Waals surface area contributed by atoms with Crippen LogP contribution in [0.2, 0.25) is 0 Å². The van der Waals surface area contributed by atoms with Crippen molar-refractivity contribution in [2.75, 3.05) is 6.61 Å². The van der Waals surface area contributed by atoms with E-state index < -0.39 is 0 Å². The molecule has 0 aliphatic carbocycles. The average molecular weight is 202 g/mol. The summed E-state index contributed by atoms with van der Waals surface area (Å²) < 4.78 is 5.42. The third-order valence-corrected chi connectivity index (χ3v) is 2.60. The summed E-state index contributed by atoms with van der Waals surface area (Å²) >= 11 is 0. The van der Waals surface area contributed by atoms with Gasteiger partial charge in [0, 0.05) is 0 Å². The van der Waals surface area contributed by atoms with Crippen molar-refractivity contribution in [2.24, 2.45) is 5.92 Å². The van der Waals surface area contributed by atoms with Gasteiger partial charge in [0.05, 0.1) is 18.8 Å². The minimum Gasteiger partial charge on any atom is -0.390 e. The van der Waals surface area contributed by atoms with Gasteiger partial charge in [-0.1, -0.05) is 33.1 Å². The molecule has 0 aromatic carbocycles. The molecule has 86 valence electrons. The lowest BCUT2D eigenvalue weighted by Crippen LogP contribution is -2.27. The van der Waals surface area contributed by atoms with Crippen molar-refractivity contribution in [2.45, 2.75) is 65.6 Å². The van der Waals surface area contributed by atoms with Gasteiger partial charge in [0.25, 0.3) is 0 Å². The van der Waals surface area contributed by atoms with Crippen LogP contribution in [0.4, 0.5) is 0 Å². The van der Waals surface area contributed by atoms with E-state index in [2.05, 4.69) is 13.8 Å². The van der Waals surface area contributed by atoms with E-state index in [-0.39, 0.29) is 12.2 Å². The SMILES string of the molecule is CCCCC(CC)C(O)COC(C)C. The van der Waals surface area contributed by atoms with Crippen molar-refractivity contribution in [1.29, 1.82) is 0 Å². The van der Waals surface area contributed by atoms with Crippen LogP contribution in [0.5, 0.6) is 0 Å². The molecule has 0 aliphatic rings. The first-order valence-corrected chi connectivity index (χ1v) is 5.91. The number of aliphatic hydroxyl groups excluding tert-OH is 1. The Hall–Kier alpha value is -0.0800. The van der Waals surface area contributed by atoms with Gasteiger partial charge in [0.1, 0.15) is 0 Å². The lowest BCUT2D eigenvalue weighted by atomic mass is 9.94. The molecule has 0 fully saturated rings. The Bertz CT molecular complexity index is 123. The Balaban J connectivity index is 3.72. The molecule has 0 saturated heterocycles. The molecule has 0 aromatic heterocycles. The molecule has 0 radical (unpaired) electrons. The maximum Gasteiger partial charge on any atom is 0.0801 e. The summed E-state index contributed by atoms with van der Waals surface area (Å²) in [4.78, 5) is 0. The quantitative estimate of drug-likeness (QED) is 0.655. The van der Waals surface area contributed by atoms with Crippen molar-refractivity contribution >= 4 is 0 Å². The van der Waals surface area contributed by atoms with Crippen molar-refractivity contribution in [1.82, 2.24) is 0 Å². The maximum absolute atomic E-state index is 9.86. The van der Waals surface area contributed by atoms with Crippen LogP contribution in [0.3, 0.4) is 0 Å². The molecule has 2 heteroatoms. The maximum atomic E-state index is 9.86. The predicted molar refractivity (Wildman–Crippen MR) is 60.4 cm³/mol. The average Bonchev–Trinajstić information content (AvgIpc) is 2.16. The summed E-state index contributed by atoms with van der Waals surface area (Å²) in [7, 11) is 0. The smallest absolute Gasteiger partial charge is 0.0801 e. The molecular weight excluding hydrogens is 176 g/mol. The summed E-state index contributed by atoms with van der Waals surface area (Å²) in [6.07, 6.45) is 4.51. The molecule has 0 heterocycles. The lowest BCUT2D eigenvalue weighted by molar-refractivity contribution is -0.0223. The monoisotopic (exact) mass is 202 g/mol. The van der Waals surface area contributed by atoms with Crippen LogP contribution >= 0.6 is 0 Å². The van der Waals surface area contributed by atoms with Gasteiger partial charge in [0.15, 0.2) is 0 Å². The second kappa shape index (κ2) is 8.25. The van der Waals surface area contributed by atoms with E-state index in [1.54, 1.807) is 0 Å². The second-order valence-corrected chi connectivity index (χ2v) is 4.26. The van der Waals surface area contributed by atoms with Crippen molar-refractivity contribution in [3.8, 4) is 0 Å². The van der Waals surface area contributed by atoms with E-state index in [1.807, 2.05) is 13.8 Å². The topological polar surface area (TPSA) is 29.5 Å². The first-order valence-electron chi connectivity index (χ1n) is 5.91. The molecule has 0 rings (SSSR count). The summed E-state index contributed by atoms with van der Waals surface area (Å²) in [5.74, 6) is 0.411. The van der Waals surface area contributed by atoms with Gasteiger partial charge in [-0.15, -0.1) is 0 Å². The molecule has 2 atom stereocenters. The van der Waals surface area contributed by atoms with E-state index in [4.69, 9.17) is 4.74 Å². The zero-order chi connectivity index (χ0) is 11.0. The first-order chi connectivity index (χ1) is 6.61. The standard InChI is InChI=1S/C12H26O2/c1-5-7-8-11(6-2)12(13)9-14-10(3)4/h10-13H,5-9H2,1-4H3. The van der Waals surface area contributed by atoms with Gasteiger partial charge in [-0.05, 0) is 26.2 Å². The molecule has 0 bridgehead atoms. The summed E-state index contributed by atoms with van der Waals surface area (Å²) in [6.45, 7) is 8.81. The van der Waals surface area contributed by atoms with E-state index in [1.165, 1.54) is 12.8 Å². The van der Waals surface area contributed by atoms with Crippen LogP contribution < -0.4 is 0 Å². The van der Waals surface area contributed by atoms with Crippen molar-refractivity contribution in [3.05, 3.63) is 0 Å². The molecule has 0 aromatic rings. The zero-order valence-corrected chi connectivity index (χ0v) is 10.1. The normalized spacial score (nSPS) is 15.9. The number of aliphatic hydroxyl groups is 1. The molecule has 2 nitrogen and oxygen atoms in total. The second-order valence-electron chi connectivity index (χ2n) is 4.26. The summed E-state index contributed by atoms with van der Waals surface area (Å²) in [6, 6.07) is 0. The minimum absolute atomic E-state index is 0.216. The van der Waals surface area contributed by atoms with Gasteiger partial charge in [-0.25, -0.2) is 0 Å². The summed E-state index contributed by atoms with van der Waals surface area (Å²) in [5.41, 5.74) is 0. The highest BCUT2D eigenvalue weighted by Crippen LogP contribution is 2.17. The number of hydrogen-bond donors (Lipinski definition) is 1. The van der Waals surface area contributed by atoms with E-state index in [0.29, 0.717) is 12.5 Å². The van der Waals surface area contributed by atoms with Crippen LogP contribution in [0.1, 0.15) is 53.4 Å². The molecule has 0 spiro atoms. The highest BCUT2D eigenvalue weighted by atomic mass is 16.5. The van der Waals surface area contributed by atoms with Gasteiger partial charge in [-0.3, -0.25) is 0 Å². The number of ether oxygens (including phenoxy) is 1. The van der Waals surface area contributed by atoms with Gasteiger partial charge in [-0.2, -0.15) is 0 Å². The van der Waals surface area contributed by atoms with Crippen molar-refractivity contribution in [3.63, 3.8) is 0 Å². The molecular formula is C12H26O2. The minimum atomic E-state index is -0.283. The van der Waals surface area contributed by atoms with E-state index >= 15 is 0 Å². The van der Waals surface area contributed by atoms with Crippen LogP contribution in [-0.4, -0.2) is 23.9 Å². The van der Waals surface area contributed by atoms with Crippen LogP contribution in [0.15, 0.2) is 0 Å². The first kappa shape index (κ1) is 13.9. The Morgan fingerprint density at radius 3 is 2.29 bits per heavy atom. The van der Waals surface area contributed by atoms with E-state index in [0.717, 1.165) is 12.8 Å². The Labute approximate surface area is 88.7 Å². The molecule has 0 amide bonds. The zero-order valence-electron chi connectivity index (χ0n) is 10.1. The molecule has 0 saturated carbocycles. The molecule has 1 N–H and O–H groups in total. The van der Waals surface area contributed by atoms with Crippen LogP contribution in [0.25, 0.3) is 0 Å². The van der Waals surface area contributed by atoms with Crippen LogP contribution in [0, 0.1) is 5.92 Å². The highest BCUT2D eigenvalue weighted by Gasteiger charge is 2.17. The Morgan fingerprint density at radius 1 is 1.21 bits per heavy atom. The molecule has 14 heavy (non-hydrogen) atoms. The third-order valence-electron chi connectivity index (χ3n) is 2.60. The van der Waals surface area contributed by atoms with E-state index in [9.17, 15) is 5.11 Å². The highest BCUT2D eigenvalue weighted by molar-refractivity contribution is 4.67. The largest absolute Gasteiger partial charge is 0.390 e. The fraction of sp³-hybridized carbons (Fsp3) is 1.00. The van der Waals surface area contributed by atoms with Gasteiger partial charge in [0.2, 0.25) is 0 Å². The molecule has 2 unspecified atom stereocenters. The Kier molecular flexibility index (Phi) is 8.20. The predicted octanol–water partition coefficient (Wildman–Crippen LogP) is 2.99. The number of hydrogen-bond acceptors (Lipinski definition) is 2.